The number of ether oxygens (including phenoxy) is 1. The third-order valence-corrected chi connectivity index (χ3v) is 5.71. The van der Waals surface area contributed by atoms with Gasteiger partial charge in [0, 0.05) is 16.2 Å². The van der Waals surface area contributed by atoms with Gasteiger partial charge in [-0.25, -0.2) is 0 Å². The Morgan fingerprint density at radius 3 is 2.81 bits per heavy atom. The second-order valence-electron chi connectivity index (χ2n) is 6.50. The van der Waals surface area contributed by atoms with E-state index in [0.717, 1.165) is 12.1 Å². The van der Waals surface area contributed by atoms with E-state index in [1.54, 1.807) is 12.1 Å². The maximum Gasteiger partial charge on any atom is 0.416 e. The van der Waals surface area contributed by atoms with E-state index in [-0.39, 0.29) is 11.4 Å². The molecular weight excluding hydrogens is 369 g/mol. The van der Waals surface area contributed by atoms with E-state index in [4.69, 9.17) is 9.84 Å². The molecule has 1 fully saturated rings. The van der Waals surface area contributed by atoms with Gasteiger partial charge >= 0.3 is 6.18 Å². The van der Waals surface area contributed by atoms with Crippen molar-refractivity contribution in [2.24, 2.45) is 0 Å². The van der Waals surface area contributed by atoms with E-state index in [9.17, 15) is 18.4 Å². The van der Waals surface area contributed by atoms with E-state index < -0.39 is 17.8 Å². The zero-order chi connectivity index (χ0) is 18.9. The molecule has 1 saturated heterocycles. The molecule has 2 aromatic rings. The van der Waals surface area contributed by atoms with Crippen LogP contribution in [0.15, 0.2) is 35.2 Å². The Morgan fingerprint density at radius 2 is 2.15 bits per heavy atom. The molecule has 3 rings (SSSR count). The molecule has 0 spiro atoms. The number of aliphatic hydroxyl groups is 1. The number of nitrogens with zero attached hydrogens (tertiary/aromatic N) is 2. The molecule has 1 aliphatic heterocycles. The van der Waals surface area contributed by atoms with Crippen LogP contribution in [0.1, 0.15) is 42.8 Å². The summed E-state index contributed by atoms with van der Waals surface area (Å²) in [6.07, 6.45) is -3.67. The highest BCUT2D eigenvalue weighted by molar-refractivity contribution is 8.00. The molecule has 1 aromatic carbocycles. The van der Waals surface area contributed by atoms with Crippen LogP contribution in [0.3, 0.4) is 0 Å². The van der Waals surface area contributed by atoms with Gasteiger partial charge in [-0.2, -0.15) is 13.2 Å². The summed E-state index contributed by atoms with van der Waals surface area (Å²) in [5, 5.41) is 22.8. The molecule has 2 atom stereocenters. The average molecular weight is 388 g/mol. The number of alkyl halides is 3. The summed E-state index contributed by atoms with van der Waals surface area (Å²) in [5.74, 6) is 0. The lowest BCUT2D eigenvalue weighted by Gasteiger charge is -2.37. The number of halogens is 3. The molecule has 142 valence electrons. The zero-order valence-electron chi connectivity index (χ0n) is 14.0. The van der Waals surface area contributed by atoms with Crippen LogP contribution < -0.4 is 0 Å². The Bertz CT molecular complexity index is 781. The SMILES string of the molecule is CC1(Sc2cccc(C(F)(F)F)c2)CCOC(c2cc(CO)nn2O)C1. The normalized spacial score (nSPS) is 24.0. The predicted molar refractivity (Wildman–Crippen MR) is 89.0 cm³/mol. The highest BCUT2D eigenvalue weighted by Crippen LogP contribution is 2.46. The van der Waals surface area contributed by atoms with E-state index >= 15 is 0 Å². The van der Waals surface area contributed by atoms with Crippen LogP contribution >= 0.6 is 11.8 Å². The van der Waals surface area contributed by atoms with Gasteiger partial charge in [0.1, 0.15) is 11.8 Å². The highest BCUT2D eigenvalue weighted by atomic mass is 32.2. The van der Waals surface area contributed by atoms with Gasteiger partial charge in [0.05, 0.1) is 17.9 Å². The summed E-state index contributed by atoms with van der Waals surface area (Å²) in [4.78, 5) is 1.23. The average Bonchev–Trinajstić information content (AvgIpc) is 2.95. The first-order valence-corrected chi connectivity index (χ1v) is 8.89. The molecule has 9 heteroatoms. The van der Waals surface area contributed by atoms with Crippen LogP contribution in [0.4, 0.5) is 13.2 Å². The van der Waals surface area contributed by atoms with Crippen molar-refractivity contribution < 1.29 is 28.2 Å². The molecule has 0 radical (unpaired) electrons. The highest BCUT2D eigenvalue weighted by Gasteiger charge is 2.37. The van der Waals surface area contributed by atoms with Gasteiger partial charge in [0.25, 0.3) is 0 Å². The largest absolute Gasteiger partial charge is 0.416 e. The minimum absolute atomic E-state index is 0.302. The second kappa shape index (κ2) is 7.13. The van der Waals surface area contributed by atoms with E-state index in [1.807, 2.05) is 6.92 Å². The standard InChI is InChI=1S/C17H19F3N2O3S/c1-16(26-13-4-2-3-11(7-13)17(18,19)20)5-6-25-15(9-16)14-8-12(10-23)21-22(14)24/h2-4,7-8,15,23-24H,5-6,9-10H2,1H3. The molecule has 2 unspecified atom stereocenters. The minimum atomic E-state index is -4.38. The van der Waals surface area contributed by atoms with Crippen LogP contribution in [0, 0.1) is 0 Å². The van der Waals surface area contributed by atoms with Crippen molar-refractivity contribution in [3.63, 3.8) is 0 Å². The summed E-state index contributed by atoms with van der Waals surface area (Å²) in [7, 11) is 0. The number of benzene rings is 1. The van der Waals surface area contributed by atoms with Gasteiger partial charge in [-0.3, -0.25) is 0 Å². The van der Waals surface area contributed by atoms with Crippen molar-refractivity contribution in [2.45, 2.75) is 48.3 Å². The van der Waals surface area contributed by atoms with Crippen LogP contribution in [0.2, 0.25) is 0 Å². The van der Waals surface area contributed by atoms with Crippen molar-refractivity contribution in [1.29, 1.82) is 0 Å². The second-order valence-corrected chi connectivity index (χ2v) is 8.16. The van der Waals surface area contributed by atoms with Crippen LogP contribution in [0.5, 0.6) is 0 Å². The Kier molecular flexibility index (Phi) is 5.23. The Balaban J connectivity index is 1.78. The molecule has 2 N–H and O–H groups in total. The number of thioether (sulfide) groups is 1. The molecular formula is C17H19F3N2O3S. The summed E-state index contributed by atoms with van der Waals surface area (Å²) in [6, 6.07) is 6.84. The van der Waals surface area contributed by atoms with Crippen LogP contribution in [-0.4, -0.2) is 31.6 Å². The molecule has 2 heterocycles. The predicted octanol–water partition coefficient (Wildman–Crippen LogP) is 4.03. The van der Waals surface area contributed by atoms with Gasteiger partial charge in [-0.15, -0.1) is 21.7 Å². The van der Waals surface area contributed by atoms with Crippen molar-refractivity contribution in [3.05, 3.63) is 47.3 Å². The third-order valence-electron chi connectivity index (χ3n) is 4.35. The van der Waals surface area contributed by atoms with E-state index in [1.165, 1.54) is 17.8 Å². The Hall–Kier alpha value is -1.71. The van der Waals surface area contributed by atoms with Gasteiger partial charge < -0.3 is 15.1 Å². The van der Waals surface area contributed by atoms with Crippen molar-refractivity contribution in [2.75, 3.05) is 6.61 Å². The van der Waals surface area contributed by atoms with Crippen molar-refractivity contribution in [1.82, 2.24) is 9.94 Å². The fraction of sp³-hybridized carbons (Fsp3) is 0.471. The number of aliphatic hydroxyl groups excluding tert-OH is 1. The number of hydrogen-bond acceptors (Lipinski definition) is 5. The lowest BCUT2D eigenvalue weighted by molar-refractivity contribution is -0.137. The summed E-state index contributed by atoms with van der Waals surface area (Å²) >= 11 is 1.37. The fourth-order valence-electron chi connectivity index (χ4n) is 3.01. The summed E-state index contributed by atoms with van der Waals surface area (Å²) < 4.78 is 44.1. The molecule has 0 saturated carbocycles. The van der Waals surface area contributed by atoms with Crippen molar-refractivity contribution in [3.8, 4) is 0 Å². The quantitative estimate of drug-likeness (QED) is 0.774. The summed E-state index contributed by atoms with van der Waals surface area (Å²) in [5.41, 5.74) is 0.0734. The maximum atomic E-state index is 12.9. The maximum absolute atomic E-state index is 12.9. The lowest BCUT2D eigenvalue weighted by atomic mass is 9.95. The zero-order valence-corrected chi connectivity index (χ0v) is 14.8. The van der Waals surface area contributed by atoms with Crippen molar-refractivity contribution >= 4 is 11.8 Å². The molecule has 5 nitrogen and oxygen atoms in total. The first-order chi connectivity index (χ1) is 12.2. The topological polar surface area (TPSA) is 67.5 Å². The van der Waals surface area contributed by atoms with Crippen LogP contribution in [0.25, 0.3) is 0 Å². The van der Waals surface area contributed by atoms with Gasteiger partial charge in [0.2, 0.25) is 0 Å². The Labute approximate surface area is 152 Å². The number of rotatable bonds is 4. The number of hydrogen-bond donors (Lipinski definition) is 2. The number of aromatic nitrogens is 2. The van der Waals surface area contributed by atoms with Crippen LogP contribution in [-0.2, 0) is 17.5 Å². The van der Waals surface area contributed by atoms with Gasteiger partial charge in [0.15, 0.2) is 0 Å². The lowest BCUT2D eigenvalue weighted by Crippen LogP contribution is -2.32. The molecule has 1 aromatic heterocycles. The van der Waals surface area contributed by atoms with E-state index in [2.05, 4.69) is 5.10 Å². The van der Waals surface area contributed by atoms with Gasteiger partial charge in [-0.05, 0) is 44.0 Å². The summed E-state index contributed by atoms with van der Waals surface area (Å²) in [6.45, 7) is 2.08. The molecule has 0 aliphatic carbocycles. The minimum Gasteiger partial charge on any atom is -0.411 e. The first kappa shape index (κ1) is 19.1. The monoisotopic (exact) mass is 388 g/mol. The molecule has 1 aliphatic rings. The van der Waals surface area contributed by atoms with E-state index in [0.29, 0.717) is 40.6 Å². The molecule has 0 amide bonds. The van der Waals surface area contributed by atoms with Gasteiger partial charge in [-0.1, -0.05) is 6.07 Å². The molecule has 26 heavy (non-hydrogen) atoms. The third kappa shape index (κ3) is 4.16. The smallest absolute Gasteiger partial charge is 0.411 e. The molecule has 0 bridgehead atoms. The first-order valence-electron chi connectivity index (χ1n) is 8.07. The fourth-order valence-corrected chi connectivity index (χ4v) is 4.33. The Morgan fingerprint density at radius 1 is 1.38 bits per heavy atom.